The van der Waals surface area contributed by atoms with Crippen LogP contribution < -0.4 is 5.56 Å². The number of aromatic nitrogens is 4. The second-order valence-corrected chi connectivity index (χ2v) is 8.23. The summed E-state index contributed by atoms with van der Waals surface area (Å²) in [6.07, 6.45) is 5.50. The van der Waals surface area contributed by atoms with Gasteiger partial charge in [0.2, 0.25) is 0 Å². The molecule has 1 aliphatic heterocycles. The van der Waals surface area contributed by atoms with Gasteiger partial charge in [-0.15, -0.1) is 11.3 Å². The van der Waals surface area contributed by atoms with Crippen molar-refractivity contribution in [2.45, 2.75) is 19.5 Å². The van der Waals surface area contributed by atoms with Crippen LogP contribution in [0.25, 0.3) is 21.8 Å². The first kappa shape index (κ1) is 17.9. The fourth-order valence-corrected chi connectivity index (χ4v) is 4.68. The van der Waals surface area contributed by atoms with Crippen LogP contribution in [0.15, 0.2) is 66.0 Å². The molecule has 0 fully saturated rings. The minimum absolute atomic E-state index is 0.0593. The Kier molecular flexibility index (Phi) is 4.75. The Labute approximate surface area is 171 Å². The highest BCUT2D eigenvalue weighted by atomic mass is 32.1. The molecule has 4 heterocycles. The third-order valence-electron chi connectivity index (χ3n) is 5.09. The zero-order chi connectivity index (χ0) is 19.6. The third kappa shape index (κ3) is 3.74. The van der Waals surface area contributed by atoms with Crippen molar-refractivity contribution in [3.63, 3.8) is 0 Å². The average molecular weight is 401 g/mol. The van der Waals surface area contributed by atoms with Crippen molar-refractivity contribution in [1.82, 2.24) is 24.8 Å². The maximum absolute atomic E-state index is 12.5. The number of aromatic amines is 1. The van der Waals surface area contributed by atoms with Crippen molar-refractivity contribution in [3.8, 4) is 21.8 Å². The molecule has 0 saturated heterocycles. The van der Waals surface area contributed by atoms with E-state index in [0.717, 1.165) is 29.9 Å². The number of benzene rings is 1. The summed E-state index contributed by atoms with van der Waals surface area (Å²) in [5, 5.41) is 0. The molecular formula is C22H19N5OS. The number of nitrogens with one attached hydrogen (secondary N) is 1. The van der Waals surface area contributed by atoms with Crippen LogP contribution in [0.5, 0.6) is 0 Å². The van der Waals surface area contributed by atoms with Gasteiger partial charge in [-0.1, -0.05) is 30.3 Å². The fraction of sp³-hybridized carbons (Fsp3) is 0.182. The summed E-state index contributed by atoms with van der Waals surface area (Å²) in [5.74, 6) is 0.527. The molecule has 0 atom stereocenters. The average Bonchev–Trinajstić information content (AvgIpc) is 3.23. The summed E-state index contributed by atoms with van der Waals surface area (Å²) < 4.78 is 0. The highest BCUT2D eigenvalue weighted by Crippen LogP contribution is 2.29. The van der Waals surface area contributed by atoms with Crippen LogP contribution in [0.2, 0.25) is 0 Å². The van der Waals surface area contributed by atoms with E-state index in [2.05, 4.69) is 56.3 Å². The molecule has 29 heavy (non-hydrogen) atoms. The molecule has 1 aliphatic rings. The highest BCUT2D eigenvalue weighted by molar-refractivity contribution is 7.15. The number of hydrogen-bond acceptors (Lipinski definition) is 6. The number of H-pyrrole nitrogens is 1. The molecule has 4 aromatic rings. The van der Waals surface area contributed by atoms with Gasteiger partial charge in [-0.05, 0) is 24.1 Å². The van der Waals surface area contributed by atoms with Gasteiger partial charge in [0.1, 0.15) is 12.2 Å². The molecule has 6 nitrogen and oxygen atoms in total. The minimum Gasteiger partial charge on any atom is -0.306 e. The van der Waals surface area contributed by atoms with Gasteiger partial charge in [-0.25, -0.2) is 15.0 Å². The second-order valence-electron chi connectivity index (χ2n) is 7.06. The predicted octanol–water partition coefficient (Wildman–Crippen LogP) is 3.51. The monoisotopic (exact) mass is 401 g/mol. The molecule has 0 amide bonds. The summed E-state index contributed by atoms with van der Waals surface area (Å²) >= 11 is 1.82. The molecule has 1 N–H and O–H groups in total. The molecule has 0 radical (unpaired) electrons. The summed E-state index contributed by atoms with van der Waals surface area (Å²) in [6.45, 7) is 2.37. The number of fused-ring (bicyclic) bond motifs is 1. The topological polar surface area (TPSA) is 74.8 Å². The van der Waals surface area contributed by atoms with Crippen molar-refractivity contribution in [1.29, 1.82) is 0 Å². The van der Waals surface area contributed by atoms with E-state index < -0.39 is 0 Å². The number of thiophene rings is 1. The predicted molar refractivity (Wildman–Crippen MR) is 113 cm³/mol. The first-order valence-electron chi connectivity index (χ1n) is 9.50. The van der Waals surface area contributed by atoms with E-state index in [-0.39, 0.29) is 5.56 Å². The Bertz CT molecular complexity index is 1190. The highest BCUT2D eigenvalue weighted by Gasteiger charge is 2.22. The lowest BCUT2D eigenvalue weighted by Crippen LogP contribution is -2.34. The zero-order valence-electron chi connectivity index (χ0n) is 15.7. The van der Waals surface area contributed by atoms with Gasteiger partial charge in [0.25, 0.3) is 5.56 Å². The zero-order valence-corrected chi connectivity index (χ0v) is 16.5. The van der Waals surface area contributed by atoms with Gasteiger partial charge in [-0.3, -0.25) is 9.69 Å². The molecule has 3 aromatic heterocycles. The first-order chi connectivity index (χ1) is 14.3. The Morgan fingerprint density at radius 3 is 2.69 bits per heavy atom. The van der Waals surface area contributed by atoms with Crippen molar-refractivity contribution >= 4 is 11.3 Å². The van der Waals surface area contributed by atoms with Crippen LogP contribution in [0.4, 0.5) is 0 Å². The number of nitrogens with zero attached hydrogens (tertiary/aromatic N) is 4. The molecule has 0 saturated carbocycles. The SMILES string of the molecule is O=c1[nH]c(-c2cncnc2)nc2c1CCN(Cc1ccc(-c3ccccc3)s1)C2. The summed E-state index contributed by atoms with van der Waals surface area (Å²) in [5.41, 5.74) is 3.54. The molecule has 0 bridgehead atoms. The summed E-state index contributed by atoms with van der Waals surface area (Å²) in [6, 6.07) is 14.8. The first-order valence-corrected chi connectivity index (χ1v) is 10.3. The lowest BCUT2D eigenvalue weighted by atomic mass is 10.1. The summed E-state index contributed by atoms with van der Waals surface area (Å²) in [7, 11) is 0. The van der Waals surface area contributed by atoms with Crippen molar-refractivity contribution in [2.75, 3.05) is 6.54 Å². The fourth-order valence-electron chi connectivity index (χ4n) is 3.63. The van der Waals surface area contributed by atoms with E-state index in [1.807, 2.05) is 17.4 Å². The van der Waals surface area contributed by atoms with E-state index in [4.69, 9.17) is 4.98 Å². The molecule has 1 aromatic carbocycles. The normalized spacial score (nSPS) is 13.9. The van der Waals surface area contributed by atoms with Gasteiger partial charge in [-0.2, -0.15) is 0 Å². The third-order valence-corrected chi connectivity index (χ3v) is 6.21. The summed E-state index contributed by atoms with van der Waals surface area (Å²) in [4.78, 5) is 33.1. The molecule has 0 spiro atoms. The van der Waals surface area contributed by atoms with Crippen molar-refractivity contribution in [2.24, 2.45) is 0 Å². The smallest absolute Gasteiger partial charge is 0.254 e. The van der Waals surface area contributed by atoms with E-state index in [1.165, 1.54) is 21.6 Å². The quantitative estimate of drug-likeness (QED) is 0.566. The maximum atomic E-state index is 12.5. The largest absolute Gasteiger partial charge is 0.306 e. The molecular weight excluding hydrogens is 382 g/mol. The van der Waals surface area contributed by atoms with Crippen molar-refractivity contribution < 1.29 is 0 Å². The Balaban J connectivity index is 1.36. The number of hydrogen-bond donors (Lipinski definition) is 1. The Morgan fingerprint density at radius 2 is 1.86 bits per heavy atom. The van der Waals surface area contributed by atoms with E-state index in [0.29, 0.717) is 18.8 Å². The standard InChI is InChI=1S/C22H19N5OS/c28-22-18-8-9-27(12-17-6-7-20(29-17)15-4-2-1-3-5-15)13-19(18)25-21(26-22)16-10-23-14-24-11-16/h1-7,10-11,14H,8-9,12-13H2,(H,25,26,28). The molecule has 144 valence electrons. The van der Waals surface area contributed by atoms with Gasteiger partial charge in [0.05, 0.1) is 11.3 Å². The van der Waals surface area contributed by atoms with Gasteiger partial charge in [0.15, 0.2) is 0 Å². The van der Waals surface area contributed by atoms with Crippen molar-refractivity contribution in [3.05, 3.63) is 87.7 Å². The van der Waals surface area contributed by atoms with Crippen LogP contribution in [0, 0.1) is 0 Å². The maximum Gasteiger partial charge on any atom is 0.254 e. The van der Waals surface area contributed by atoms with E-state index in [1.54, 1.807) is 12.4 Å². The lowest BCUT2D eigenvalue weighted by molar-refractivity contribution is 0.242. The van der Waals surface area contributed by atoms with Crippen LogP contribution in [0.1, 0.15) is 16.1 Å². The second kappa shape index (κ2) is 7.69. The van der Waals surface area contributed by atoms with Crippen LogP contribution in [-0.2, 0) is 19.5 Å². The molecule has 0 aliphatic carbocycles. The van der Waals surface area contributed by atoms with Crippen LogP contribution >= 0.6 is 11.3 Å². The molecule has 0 unspecified atom stereocenters. The lowest BCUT2D eigenvalue weighted by Gasteiger charge is -2.27. The Hall–Kier alpha value is -3.16. The minimum atomic E-state index is -0.0593. The molecule has 5 rings (SSSR count). The number of rotatable bonds is 4. The van der Waals surface area contributed by atoms with E-state index in [9.17, 15) is 4.79 Å². The van der Waals surface area contributed by atoms with Gasteiger partial charge in [0, 0.05) is 47.3 Å². The Morgan fingerprint density at radius 1 is 1.03 bits per heavy atom. The van der Waals surface area contributed by atoms with Crippen LogP contribution in [-0.4, -0.2) is 31.4 Å². The van der Waals surface area contributed by atoms with Gasteiger partial charge < -0.3 is 4.98 Å². The molecule has 7 heteroatoms. The van der Waals surface area contributed by atoms with Crippen LogP contribution in [0.3, 0.4) is 0 Å². The van der Waals surface area contributed by atoms with Gasteiger partial charge >= 0.3 is 0 Å². The van der Waals surface area contributed by atoms with E-state index >= 15 is 0 Å².